The Bertz CT molecular complexity index is 1090. The molecule has 0 aliphatic heterocycles. The first-order valence-corrected chi connectivity index (χ1v) is 8.90. The van der Waals surface area contributed by atoms with Crippen molar-refractivity contribution in [3.05, 3.63) is 87.5 Å². The molecule has 124 valence electrons. The maximum Gasteiger partial charge on any atom is 0.298 e. The number of imidazole rings is 1. The molecule has 0 N–H and O–H groups in total. The first-order valence-electron chi connectivity index (χ1n) is 8.11. The molecule has 0 atom stereocenters. The van der Waals surface area contributed by atoms with Gasteiger partial charge < -0.3 is 4.40 Å². The number of hydrogen-bond donors (Lipinski definition) is 0. The predicted molar refractivity (Wildman–Crippen MR) is 103 cm³/mol. The lowest BCUT2D eigenvalue weighted by Crippen LogP contribution is -2.19. The summed E-state index contributed by atoms with van der Waals surface area (Å²) < 4.78 is 4.36. The molecule has 25 heavy (non-hydrogen) atoms. The summed E-state index contributed by atoms with van der Waals surface area (Å²) in [7, 11) is 0. The summed E-state index contributed by atoms with van der Waals surface area (Å²) in [5.41, 5.74) is 4.18. The summed E-state index contributed by atoms with van der Waals surface area (Å²) in [4.78, 5) is 17.4. The van der Waals surface area contributed by atoms with E-state index in [1.54, 1.807) is 15.2 Å². The van der Waals surface area contributed by atoms with Crippen LogP contribution in [0.5, 0.6) is 0 Å². The molecule has 0 amide bonds. The minimum atomic E-state index is -0.138. The van der Waals surface area contributed by atoms with Crippen LogP contribution >= 0.6 is 15.9 Å². The molecular formula is C20H16BrN3O. The van der Waals surface area contributed by atoms with Crippen LogP contribution in [0.1, 0.15) is 12.5 Å². The van der Waals surface area contributed by atoms with E-state index in [2.05, 4.69) is 40.0 Å². The molecule has 0 radical (unpaired) electrons. The SMILES string of the molecule is CCc1ccc(-c2cn3ccn(-c4ccc(Br)cc4)c(=O)c3n2)cc1. The summed E-state index contributed by atoms with van der Waals surface area (Å²) in [5, 5.41) is 0. The van der Waals surface area contributed by atoms with Gasteiger partial charge in [-0.25, -0.2) is 4.98 Å². The van der Waals surface area contributed by atoms with E-state index in [0.29, 0.717) is 5.65 Å². The van der Waals surface area contributed by atoms with E-state index in [1.165, 1.54) is 5.56 Å². The summed E-state index contributed by atoms with van der Waals surface area (Å²) in [6, 6.07) is 15.9. The fraction of sp³-hybridized carbons (Fsp3) is 0.100. The first kappa shape index (κ1) is 15.8. The van der Waals surface area contributed by atoms with E-state index in [9.17, 15) is 4.79 Å². The lowest BCUT2D eigenvalue weighted by atomic mass is 10.1. The Kier molecular flexibility index (Phi) is 4.01. The van der Waals surface area contributed by atoms with Gasteiger partial charge in [0.25, 0.3) is 5.56 Å². The molecular weight excluding hydrogens is 378 g/mol. The predicted octanol–water partition coefficient (Wildman–Crippen LogP) is 4.48. The maximum absolute atomic E-state index is 12.8. The number of benzene rings is 2. The topological polar surface area (TPSA) is 39.3 Å². The third-order valence-corrected chi connectivity index (χ3v) is 4.81. The Hall–Kier alpha value is -2.66. The van der Waals surface area contributed by atoms with Crippen molar-refractivity contribution in [3.63, 3.8) is 0 Å². The van der Waals surface area contributed by atoms with Crippen LogP contribution in [0.15, 0.2) is 76.4 Å². The monoisotopic (exact) mass is 393 g/mol. The number of nitrogens with zero attached hydrogens (tertiary/aromatic N) is 3. The zero-order valence-corrected chi connectivity index (χ0v) is 15.3. The summed E-state index contributed by atoms with van der Waals surface area (Å²) in [6.07, 6.45) is 6.52. The quantitative estimate of drug-likeness (QED) is 0.514. The van der Waals surface area contributed by atoms with Gasteiger partial charge >= 0.3 is 0 Å². The third kappa shape index (κ3) is 2.91. The van der Waals surface area contributed by atoms with Gasteiger partial charge in [0, 0.05) is 34.3 Å². The van der Waals surface area contributed by atoms with Gasteiger partial charge in [-0.15, -0.1) is 0 Å². The van der Waals surface area contributed by atoms with Crippen LogP contribution in [0, 0.1) is 0 Å². The fourth-order valence-electron chi connectivity index (χ4n) is 2.83. The average Bonchev–Trinajstić information content (AvgIpc) is 3.08. The second kappa shape index (κ2) is 6.33. The minimum Gasteiger partial charge on any atom is -0.300 e. The van der Waals surface area contributed by atoms with Crippen LogP contribution in [0.4, 0.5) is 0 Å². The Morgan fingerprint density at radius 1 is 1.00 bits per heavy atom. The first-order chi connectivity index (χ1) is 12.2. The molecule has 4 nitrogen and oxygen atoms in total. The Morgan fingerprint density at radius 2 is 1.72 bits per heavy atom. The molecule has 0 spiro atoms. The fourth-order valence-corrected chi connectivity index (χ4v) is 3.10. The van der Waals surface area contributed by atoms with Crippen molar-refractivity contribution in [1.82, 2.24) is 14.0 Å². The van der Waals surface area contributed by atoms with Crippen LogP contribution in [0.3, 0.4) is 0 Å². The Morgan fingerprint density at radius 3 is 2.40 bits per heavy atom. The van der Waals surface area contributed by atoms with Crippen LogP contribution in [0.25, 0.3) is 22.6 Å². The van der Waals surface area contributed by atoms with Crippen molar-refractivity contribution in [2.24, 2.45) is 0 Å². The van der Waals surface area contributed by atoms with Gasteiger partial charge in [0.05, 0.1) is 5.69 Å². The number of fused-ring (bicyclic) bond motifs is 1. The van der Waals surface area contributed by atoms with Crippen molar-refractivity contribution >= 4 is 21.6 Å². The molecule has 4 aromatic rings. The van der Waals surface area contributed by atoms with Gasteiger partial charge in [-0.1, -0.05) is 47.1 Å². The molecule has 5 heteroatoms. The summed E-state index contributed by atoms with van der Waals surface area (Å²) >= 11 is 3.41. The highest BCUT2D eigenvalue weighted by molar-refractivity contribution is 9.10. The van der Waals surface area contributed by atoms with Gasteiger partial charge in [-0.05, 0) is 36.2 Å². The molecule has 2 heterocycles. The van der Waals surface area contributed by atoms with Crippen LogP contribution < -0.4 is 5.56 Å². The molecule has 2 aromatic heterocycles. The largest absolute Gasteiger partial charge is 0.300 e. The van der Waals surface area contributed by atoms with E-state index < -0.39 is 0 Å². The van der Waals surface area contributed by atoms with Gasteiger partial charge in [-0.2, -0.15) is 0 Å². The van der Waals surface area contributed by atoms with E-state index in [1.807, 2.05) is 48.8 Å². The summed E-state index contributed by atoms with van der Waals surface area (Å²) in [6.45, 7) is 2.13. The van der Waals surface area contributed by atoms with Crippen molar-refractivity contribution in [1.29, 1.82) is 0 Å². The van der Waals surface area contributed by atoms with Crippen LogP contribution in [-0.2, 0) is 6.42 Å². The Balaban J connectivity index is 1.82. The van der Waals surface area contributed by atoms with Gasteiger partial charge in [-0.3, -0.25) is 9.36 Å². The highest BCUT2D eigenvalue weighted by Gasteiger charge is 2.10. The molecule has 0 aliphatic carbocycles. The second-order valence-corrected chi connectivity index (χ2v) is 6.77. The van der Waals surface area contributed by atoms with Crippen LogP contribution in [0.2, 0.25) is 0 Å². The third-order valence-electron chi connectivity index (χ3n) is 4.28. The summed E-state index contributed by atoms with van der Waals surface area (Å²) in [5.74, 6) is 0. The lowest BCUT2D eigenvalue weighted by molar-refractivity contribution is 0.949. The molecule has 0 saturated carbocycles. The van der Waals surface area contributed by atoms with Crippen molar-refractivity contribution in [2.75, 3.05) is 0 Å². The van der Waals surface area contributed by atoms with Crippen LogP contribution in [-0.4, -0.2) is 14.0 Å². The number of rotatable bonds is 3. The highest BCUT2D eigenvalue weighted by atomic mass is 79.9. The average molecular weight is 394 g/mol. The molecule has 2 aromatic carbocycles. The van der Waals surface area contributed by atoms with Crippen molar-refractivity contribution in [2.45, 2.75) is 13.3 Å². The van der Waals surface area contributed by atoms with Crippen molar-refractivity contribution in [3.8, 4) is 16.9 Å². The van der Waals surface area contributed by atoms with E-state index in [0.717, 1.165) is 27.8 Å². The van der Waals surface area contributed by atoms with Crippen molar-refractivity contribution < 1.29 is 0 Å². The van der Waals surface area contributed by atoms with Gasteiger partial charge in [0.2, 0.25) is 5.65 Å². The number of aryl methyl sites for hydroxylation is 1. The maximum atomic E-state index is 12.8. The Labute approximate surface area is 153 Å². The zero-order chi connectivity index (χ0) is 17.4. The molecule has 0 bridgehead atoms. The molecule has 0 unspecified atom stereocenters. The smallest absolute Gasteiger partial charge is 0.298 e. The number of aromatic nitrogens is 3. The van der Waals surface area contributed by atoms with E-state index in [4.69, 9.17) is 0 Å². The zero-order valence-electron chi connectivity index (χ0n) is 13.7. The normalized spacial score (nSPS) is 11.1. The molecule has 0 fully saturated rings. The molecule has 4 rings (SSSR count). The van der Waals surface area contributed by atoms with Gasteiger partial charge in [0.15, 0.2) is 0 Å². The van der Waals surface area contributed by atoms with E-state index >= 15 is 0 Å². The second-order valence-electron chi connectivity index (χ2n) is 5.86. The van der Waals surface area contributed by atoms with E-state index in [-0.39, 0.29) is 5.56 Å². The minimum absolute atomic E-state index is 0.138. The number of hydrogen-bond acceptors (Lipinski definition) is 2. The molecule has 0 saturated heterocycles. The number of halogens is 1. The van der Waals surface area contributed by atoms with Gasteiger partial charge in [0.1, 0.15) is 0 Å². The standard InChI is InChI=1S/C20H16BrN3O/c1-2-14-3-5-15(6-4-14)18-13-23-11-12-24(20(25)19(23)22-18)17-9-7-16(21)8-10-17/h3-13H,2H2,1H3. The molecule has 0 aliphatic rings. The lowest BCUT2D eigenvalue weighted by Gasteiger charge is -2.05. The highest BCUT2D eigenvalue weighted by Crippen LogP contribution is 2.19.